The van der Waals surface area contributed by atoms with Crippen LogP contribution in [0.15, 0.2) is 84.9 Å². The topological polar surface area (TPSA) is 61.4 Å². The predicted octanol–water partition coefficient (Wildman–Crippen LogP) is 4.71. The summed E-state index contributed by atoms with van der Waals surface area (Å²) in [5.41, 5.74) is 4.06. The van der Waals surface area contributed by atoms with E-state index in [-0.39, 0.29) is 17.7 Å². The zero-order chi connectivity index (χ0) is 22.9. The minimum atomic E-state index is 0.0149. The van der Waals surface area contributed by atoms with Gasteiger partial charge in [0.05, 0.1) is 0 Å². The number of likely N-dealkylation sites (tertiary alicyclic amines) is 1. The van der Waals surface area contributed by atoms with Crippen molar-refractivity contribution in [3.8, 4) is 11.1 Å². The summed E-state index contributed by atoms with van der Waals surface area (Å²) in [6, 6.07) is 28.0. The highest BCUT2D eigenvalue weighted by atomic mass is 16.2. The van der Waals surface area contributed by atoms with Gasteiger partial charge in [0, 0.05) is 36.7 Å². The minimum absolute atomic E-state index is 0.0149. The summed E-state index contributed by atoms with van der Waals surface area (Å²) >= 11 is 0. The molecule has 33 heavy (non-hydrogen) atoms. The first-order valence-corrected chi connectivity index (χ1v) is 11.7. The Kier molecular flexibility index (Phi) is 7.88. The number of carbonyl (C=O) groups excluding carboxylic acids is 2. The summed E-state index contributed by atoms with van der Waals surface area (Å²) < 4.78 is 0. The Hall–Kier alpha value is -3.44. The van der Waals surface area contributed by atoms with E-state index in [1.807, 2.05) is 84.9 Å². The van der Waals surface area contributed by atoms with E-state index in [1.165, 1.54) is 0 Å². The molecule has 2 N–H and O–H groups in total. The third kappa shape index (κ3) is 6.53. The number of hydrogen-bond acceptors (Lipinski definition) is 3. The highest BCUT2D eigenvalue weighted by Crippen LogP contribution is 2.27. The van der Waals surface area contributed by atoms with Gasteiger partial charge in [-0.05, 0) is 43.1 Å². The Morgan fingerprint density at radius 2 is 1.45 bits per heavy atom. The molecule has 170 valence electrons. The molecule has 0 unspecified atom stereocenters. The van der Waals surface area contributed by atoms with E-state index in [0.717, 1.165) is 48.3 Å². The van der Waals surface area contributed by atoms with Gasteiger partial charge >= 0.3 is 0 Å². The lowest BCUT2D eigenvalue weighted by Crippen LogP contribution is -2.41. The fourth-order valence-corrected chi connectivity index (χ4v) is 4.28. The molecule has 0 atom stereocenters. The van der Waals surface area contributed by atoms with Gasteiger partial charge in [0.1, 0.15) is 0 Å². The predicted molar refractivity (Wildman–Crippen MR) is 133 cm³/mol. The fraction of sp³-hybridized carbons (Fsp3) is 0.286. The number of para-hydroxylation sites is 1. The maximum Gasteiger partial charge on any atom is 0.225 e. The van der Waals surface area contributed by atoms with Gasteiger partial charge < -0.3 is 15.5 Å². The van der Waals surface area contributed by atoms with E-state index in [4.69, 9.17) is 0 Å². The Bertz CT molecular complexity index is 1050. The molecule has 5 nitrogen and oxygen atoms in total. The quantitative estimate of drug-likeness (QED) is 0.532. The Morgan fingerprint density at radius 1 is 0.818 bits per heavy atom. The van der Waals surface area contributed by atoms with Crippen molar-refractivity contribution in [2.24, 2.45) is 5.92 Å². The van der Waals surface area contributed by atoms with E-state index in [2.05, 4.69) is 15.5 Å². The highest BCUT2D eigenvalue weighted by molar-refractivity contribution is 5.95. The largest absolute Gasteiger partial charge is 0.352 e. The van der Waals surface area contributed by atoms with Crippen molar-refractivity contribution < 1.29 is 9.59 Å². The van der Waals surface area contributed by atoms with Gasteiger partial charge in [-0.25, -0.2) is 0 Å². The second kappa shape index (κ2) is 11.4. The zero-order valence-corrected chi connectivity index (χ0v) is 18.9. The van der Waals surface area contributed by atoms with Crippen LogP contribution in [-0.4, -0.2) is 36.3 Å². The third-order valence-electron chi connectivity index (χ3n) is 6.21. The van der Waals surface area contributed by atoms with Crippen LogP contribution in [0.25, 0.3) is 11.1 Å². The molecule has 0 saturated carbocycles. The molecule has 1 aliphatic heterocycles. The van der Waals surface area contributed by atoms with Gasteiger partial charge in [0.15, 0.2) is 0 Å². The number of amides is 2. The molecule has 2 amide bonds. The molecule has 1 aliphatic rings. The van der Waals surface area contributed by atoms with Gasteiger partial charge in [-0.15, -0.1) is 0 Å². The molecular weight excluding hydrogens is 410 g/mol. The number of nitrogens with zero attached hydrogens (tertiary/aromatic N) is 1. The first-order valence-electron chi connectivity index (χ1n) is 11.7. The Balaban J connectivity index is 1.20. The number of carbonyl (C=O) groups is 2. The van der Waals surface area contributed by atoms with Crippen LogP contribution in [0, 0.1) is 5.92 Å². The molecular formula is C28H31N3O2. The van der Waals surface area contributed by atoms with Gasteiger partial charge in [0.2, 0.25) is 11.8 Å². The van der Waals surface area contributed by atoms with Crippen LogP contribution in [-0.2, 0) is 16.1 Å². The summed E-state index contributed by atoms with van der Waals surface area (Å²) in [6.45, 7) is 2.97. The third-order valence-corrected chi connectivity index (χ3v) is 6.21. The van der Waals surface area contributed by atoms with Crippen LogP contribution in [0.3, 0.4) is 0 Å². The molecule has 3 aromatic carbocycles. The van der Waals surface area contributed by atoms with Crippen LogP contribution in [0.4, 0.5) is 5.69 Å². The average Bonchev–Trinajstić information content (AvgIpc) is 2.88. The minimum Gasteiger partial charge on any atom is -0.352 e. The summed E-state index contributed by atoms with van der Waals surface area (Å²) in [7, 11) is 0. The van der Waals surface area contributed by atoms with Gasteiger partial charge in [-0.3, -0.25) is 9.59 Å². The lowest BCUT2D eigenvalue weighted by atomic mass is 9.95. The normalized spacial score (nSPS) is 14.5. The summed E-state index contributed by atoms with van der Waals surface area (Å²) in [4.78, 5) is 27.4. The number of anilines is 1. The molecule has 0 spiro atoms. The molecule has 0 aromatic heterocycles. The molecule has 3 aromatic rings. The van der Waals surface area contributed by atoms with Crippen LogP contribution in [0.5, 0.6) is 0 Å². The lowest BCUT2D eigenvalue weighted by molar-refractivity contribution is -0.126. The zero-order valence-electron chi connectivity index (χ0n) is 18.9. The van der Waals surface area contributed by atoms with Crippen molar-refractivity contribution in [3.63, 3.8) is 0 Å². The molecule has 1 saturated heterocycles. The van der Waals surface area contributed by atoms with Crippen LogP contribution < -0.4 is 10.6 Å². The SMILES string of the molecule is O=C(CCN1CCC(C(=O)NCc2ccccc2)CC1)Nc1ccccc1-c1ccccc1. The second-order valence-corrected chi connectivity index (χ2v) is 8.53. The fourth-order valence-electron chi connectivity index (χ4n) is 4.28. The monoisotopic (exact) mass is 441 g/mol. The van der Waals surface area contributed by atoms with E-state index in [9.17, 15) is 9.59 Å². The summed E-state index contributed by atoms with van der Waals surface area (Å²) in [5, 5.41) is 6.14. The van der Waals surface area contributed by atoms with E-state index in [0.29, 0.717) is 19.5 Å². The smallest absolute Gasteiger partial charge is 0.225 e. The molecule has 0 radical (unpaired) electrons. The van der Waals surface area contributed by atoms with Crippen molar-refractivity contribution in [1.82, 2.24) is 10.2 Å². The average molecular weight is 442 g/mol. The first kappa shape index (κ1) is 22.7. The number of benzene rings is 3. The van der Waals surface area contributed by atoms with Crippen molar-refractivity contribution in [3.05, 3.63) is 90.5 Å². The van der Waals surface area contributed by atoms with E-state index < -0.39 is 0 Å². The van der Waals surface area contributed by atoms with Gasteiger partial charge in [0.25, 0.3) is 0 Å². The number of nitrogens with one attached hydrogen (secondary N) is 2. The second-order valence-electron chi connectivity index (χ2n) is 8.53. The van der Waals surface area contributed by atoms with Crippen LogP contribution >= 0.6 is 0 Å². The highest BCUT2D eigenvalue weighted by Gasteiger charge is 2.25. The van der Waals surface area contributed by atoms with Crippen molar-refractivity contribution >= 4 is 17.5 Å². The summed E-state index contributed by atoms with van der Waals surface area (Å²) in [5.74, 6) is 0.200. The Morgan fingerprint density at radius 3 is 2.18 bits per heavy atom. The molecule has 4 rings (SSSR count). The number of rotatable bonds is 8. The molecule has 5 heteroatoms. The van der Waals surface area contributed by atoms with E-state index >= 15 is 0 Å². The molecule has 1 fully saturated rings. The van der Waals surface area contributed by atoms with Gasteiger partial charge in [-0.2, -0.15) is 0 Å². The number of hydrogen-bond donors (Lipinski definition) is 2. The summed E-state index contributed by atoms with van der Waals surface area (Å²) in [6.07, 6.45) is 2.10. The Labute approximate surface area is 195 Å². The molecule has 1 heterocycles. The lowest BCUT2D eigenvalue weighted by Gasteiger charge is -2.31. The first-order chi connectivity index (χ1) is 16.2. The molecule has 0 aliphatic carbocycles. The van der Waals surface area contributed by atoms with Crippen LogP contribution in [0.1, 0.15) is 24.8 Å². The van der Waals surface area contributed by atoms with Crippen molar-refractivity contribution in [1.29, 1.82) is 0 Å². The number of piperidine rings is 1. The standard InChI is InChI=1S/C28H31N3O2/c32-27(30-26-14-8-7-13-25(26)23-11-5-2-6-12-23)17-20-31-18-15-24(16-19-31)28(33)29-21-22-9-3-1-4-10-22/h1-14,24H,15-21H2,(H,29,33)(H,30,32). The van der Waals surface area contributed by atoms with Crippen molar-refractivity contribution in [2.45, 2.75) is 25.8 Å². The maximum atomic E-state index is 12.6. The molecule has 0 bridgehead atoms. The van der Waals surface area contributed by atoms with Gasteiger partial charge in [-0.1, -0.05) is 78.9 Å². The van der Waals surface area contributed by atoms with Crippen LogP contribution in [0.2, 0.25) is 0 Å². The van der Waals surface area contributed by atoms with Crippen molar-refractivity contribution in [2.75, 3.05) is 25.0 Å². The van der Waals surface area contributed by atoms with E-state index in [1.54, 1.807) is 0 Å². The maximum absolute atomic E-state index is 12.6.